The minimum Gasteiger partial charge on any atom is -0.463 e. The standard InChI is InChI=1S/C13H13F3O3S/c1-3-19-12(18)8(2)11(17)9-4-6-10(7-5-9)20-13(14,15)16/h4-7,11,17H,2-3H2,1H3. The van der Waals surface area contributed by atoms with E-state index in [2.05, 4.69) is 11.3 Å². The number of rotatable bonds is 5. The van der Waals surface area contributed by atoms with Crippen molar-refractivity contribution in [2.24, 2.45) is 0 Å². The van der Waals surface area contributed by atoms with Crippen LogP contribution < -0.4 is 0 Å². The van der Waals surface area contributed by atoms with Gasteiger partial charge in [-0.25, -0.2) is 4.79 Å². The van der Waals surface area contributed by atoms with Gasteiger partial charge in [0.2, 0.25) is 0 Å². The lowest BCUT2D eigenvalue weighted by Crippen LogP contribution is -2.13. The van der Waals surface area contributed by atoms with E-state index in [1.807, 2.05) is 0 Å². The smallest absolute Gasteiger partial charge is 0.446 e. The molecule has 0 bridgehead atoms. The third kappa shape index (κ3) is 4.90. The van der Waals surface area contributed by atoms with E-state index in [1.54, 1.807) is 6.92 Å². The largest absolute Gasteiger partial charge is 0.463 e. The van der Waals surface area contributed by atoms with Gasteiger partial charge in [-0.3, -0.25) is 0 Å². The Labute approximate surface area is 118 Å². The minimum atomic E-state index is -4.37. The van der Waals surface area contributed by atoms with Crippen LogP contribution in [0.3, 0.4) is 0 Å². The van der Waals surface area contributed by atoms with Crippen molar-refractivity contribution in [2.75, 3.05) is 6.61 Å². The molecule has 0 saturated heterocycles. The number of hydrogen-bond acceptors (Lipinski definition) is 4. The maximum absolute atomic E-state index is 12.2. The van der Waals surface area contributed by atoms with E-state index < -0.39 is 17.6 Å². The lowest BCUT2D eigenvalue weighted by atomic mass is 10.0. The van der Waals surface area contributed by atoms with Gasteiger partial charge in [-0.15, -0.1) is 0 Å². The van der Waals surface area contributed by atoms with E-state index in [9.17, 15) is 23.1 Å². The van der Waals surface area contributed by atoms with Gasteiger partial charge in [0.1, 0.15) is 6.10 Å². The number of carbonyl (C=O) groups excluding carboxylic acids is 1. The van der Waals surface area contributed by atoms with E-state index in [0.29, 0.717) is 0 Å². The molecule has 0 aliphatic carbocycles. The molecule has 0 fully saturated rings. The topological polar surface area (TPSA) is 46.5 Å². The first-order chi connectivity index (χ1) is 9.24. The zero-order valence-corrected chi connectivity index (χ0v) is 11.4. The van der Waals surface area contributed by atoms with Crippen molar-refractivity contribution >= 4 is 17.7 Å². The van der Waals surface area contributed by atoms with Gasteiger partial charge in [-0.1, -0.05) is 18.7 Å². The van der Waals surface area contributed by atoms with E-state index in [-0.39, 0.29) is 34.4 Å². The summed E-state index contributed by atoms with van der Waals surface area (Å²) in [7, 11) is 0. The summed E-state index contributed by atoms with van der Waals surface area (Å²) < 4.78 is 41.2. The summed E-state index contributed by atoms with van der Waals surface area (Å²) in [4.78, 5) is 11.4. The van der Waals surface area contributed by atoms with Gasteiger partial charge < -0.3 is 9.84 Å². The zero-order chi connectivity index (χ0) is 15.3. The molecule has 1 atom stereocenters. The Morgan fingerprint density at radius 3 is 2.40 bits per heavy atom. The highest BCUT2D eigenvalue weighted by Crippen LogP contribution is 2.37. The Hall–Kier alpha value is -1.47. The molecular weight excluding hydrogens is 293 g/mol. The number of alkyl halides is 3. The SMILES string of the molecule is C=C(C(=O)OCC)C(O)c1ccc(SC(F)(F)F)cc1. The zero-order valence-electron chi connectivity index (χ0n) is 10.6. The predicted octanol–water partition coefficient (Wildman–Crippen LogP) is 3.45. The van der Waals surface area contributed by atoms with Gasteiger partial charge in [-0.05, 0) is 36.4 Å². The maximum Gasteiger partial charge on any atom is 0.446 e. The number of benzene rings is 1. The molecule has 110 valence electrons. The van der Waals surface area contributed by atoms with Crippen molar-refractivity contribution in [1.29, 1.82) is 0 Å². The third-order valence-corrected chi connectivity index (χ3v) is 3.04. The van der Waals surface area contributed by atoms with E-state index in [4.69, 9.17) is 0 Å². The number of thioether (sulfide) groups is 1. The second kappa shape index (κ2) is 6.81. The molecule has 1 unspecified atom stereocenters. The number of halogens is 3. The molecule has 0 spiro atoms. The number of carbonyl (C=O) groups is 1. The summed E-state index contributed by atoms with van der Waals surface area (Å²) in [5.41, 5.74) is -4.26. The summed E-state index contributed by atoms with van der Waals surface area (Å²) in [5.74, 6) is -0.742. The first-order valence-corrected chi connectivity index (χ1v) is 6.46. The van der Waals surface area contributed by atoms with Crippen molar-refractivity contribution in [2.45, 2.75) is 23.4 Å². The highest BCUT2D eigenvalue weighted by atomic mass is 32.2. The van der Waals surface area contributed by atoms with Crippen LogP contribution in [0.5, 0.6) is 0 Å². The number of ether oxygens (including phenoxy) is 1. The van der Waals surface area contributed by atoms with Crippen LogP contribution in [0.25, 0.3) is 0 Å². The van der Waals surface area contributed by atoms with Crippen LogP contribution in [0, 0.1) is 0 Å². The van der Waals surface area contributed by atoms with Crippen molar-refractivity contribution in [1.82, 2.24) is 0 Å². The van der Waals surface area contributed by atoms with Gasteiger partial charge in [0.25, 0.3) is 0 Å². The molecule has 0 radical (unpaired) electrons. The summed E-state index contributed by atoms with van der Waals surface area (Å²) in [6.45, 7) is 5.18. The molecule has 0 aliphatic rings. The van der Waals surface area contributed by atoms with Crippen molar-refractivity contribution in [3.63, 3.8) is 0 Å². The number of aliphatic hydroxyl groups is 1. The molecule has 1 aromatic rings. The van der Waals surface area contributed by atoms with Crippen LogP contribution in [0.2, 0.25) is 0 Å². The Morgan fingerprint density at radius 2 is 1.95 bits per heavy atom. The Bertz CT molecular complexity index is 483. The van der Waals surface area contributed by atoms with Crippen molar-refractivity contribution in [3.05, 3.63) is 42.0 Å². The molecular formula is C13H13F3O3S. The van der Waals surface area contributed by atoms with Crippen LogP contribution >= 0.6 is 11.8 Å². The van der Waals surface area contributed by atoms with Gasteiger partial charge in [0, 0.05) is 4.90 Å². The van der Waals surface area contributed by atoms with Crippen LogP contribution in [0.15, 0.2) is 41.3 Å². The van der Waals surface area contributed by atoms with Gasteiger partial charge in [-0.2, -0.15) is 13.2 Å². The van der Waals surface area contributed by atoms with E-state index in [1.165, 1.54) is 24.3 Å². The fourth-order valence-corrected chi connectivity index (χ4v) is 1.93. The second-order valence-electron chi connectivity index (χ2n) is 3.77. The molecule has 3 nitrogen and oxygen atoms in total. The predicted molar refractivity (Wildman–Crippen MR) is 69.1 cm³/mol. The molecule has 0 aliphatic heterocycles. The summed E-state index contributed by atoms with van der Waals surface area (Å²) in [5, 5.41) is 9.88. The summed E-state index contributed by atoms with van der Waals surface area (Å²) in [6, 6.07) is 5.05. The summed E-state index contributed by atoms with van der Waals surface area (Å²) >= 11 is -0.252. The maximum atomic E-state index is 12.2. The fourth-order valence-electron chi connectivity index (χ4n) is 1.39. The molecule has 0 heterocycles. The Kier molecular flexibility index (Phi) is 5.64. The van der Waals surface area contributed by atoms with Crippen LogP contribution in [-0.4, -0.2) is 23.2 Å². The second-order valence-corrected chi connectivity index (χ2v) is 4.90. The van der Waals surface area contributed by atoms with Gasteiger partial charge >= 0.3 is 11.5 Å². The molecule has 20 heavy (non-hydrogen) atoms. The first-order valence-electron chi connectivity index (χ1n) is 5.64. The Morgan fingerprint density at radius 1 is 1.40 bits per heavy atom. The normalized spacial score (nSPS) is 12.8. The lowest BCUT2D eigenvalue weighted by Gasteiger charge is -2.13. The van der Waals surface area contributed by atoms with Crippen LogP contribution in [-0.2, 0) is 9.53 Å². The molecule has 7 heteroatoms. The molecule has 0 saturated carbocycles. The number of hydrogen-bond donors (Lipinski definition) is 1. The first kappa shape index (κ1) is 16.6. The van der Waals surface area contributed by atoms with Crippen LogP contribution in [0.4, 0.5) is 13.2 Å². The number of esters is 1. The monoisotopic (exact) mass is 306 g/mol. The van der Waals surface area contributed by atoms with Crippen molar-refractivity contribution in [3.8, 4) is 0 Å². The van der Waals surface area contributed by atoms with Gasteiger partial charge in [0.05, 0.1) is 12.2 Å². The third-order valence-electron chi connectivity index (χ3n) is 2.30. The molecule has 0 amide bonds. The quantitative estimate of drug-likeness (QED) is 0.514. The molecule has 1 aromatic carbocycles. The molecule has 0 aromatic heterocycles. The van der Waals surface area contributed by atoms with Crippen molar-refractivity contribution < 1.29 is 27.8 Å². The average molecular weight is 306 g/mol. The minimum absolute atomic E-state index is 0.00445. The summed E-state index contributed by atoms with van der Waals surface area (Å²) in [6.07, 6.45) is -1.31. The highest BCUT2D eigenvalue weighted by molar-refractivity contribution is 8.00. The fraction of sp³-hybridized carbons (Fsp3) is 0.308. The van der Waals surface area contributed by atoms with E-state index in [0.717, 1.165) is 0 Å². The van der Waals surface area contributed by atoms with Crippen LogP contribution in [0.1, 0.15) is 18.6 Å². The molecule has 1 N–H and O–H groups in total. The number of aliphatic hydroxyl groups excluding tert-OH is 1. The van der Waals surface area contributed by atoms with E-state index >= 15 is 0 Å². The Balaban J connectivity index is 2.78. The average Bonchev–Trinajstić information content (AvgIpc) is 2.36. The lowest BCUT2D eigenvalue weighted by molar-refractivity contribution is -0.139. The van der Waals surface area contributed by atoms with Gasteiger partial charge in [0.15, 0.2) is 0 Å². The molecule has 1 rings (SSSR count). The highest BCUT2D eigenvalue weighted by Gasteiger charge is 2.29.